The average Bonchev–Trinajstić information content (AvgIpc) is 2.36. The molecule has 0 heterocycles. The monoisotopic (exact) mass is 266 g/mol. The van der Waals surface area contributed by atoms with Crippen molar-refractivity contribution in [3.8, 4) is 5.75 Å². The molecule has 19 heavy (non-hydrogen) atoms. The van der Waals surface area contributed by atoms with Crippen molar-refractivity contribution < 1.29 is 14.6 Å². The van der Waals surface area contributed by atoms with Crippen LogP contribution in [0.2, 0.25) is 0 Å². The molecule has 1 aromatic carbocycles. The van der Waals surface area contributed by atoms with Gasteiger partial charge in [-0.2, -0.15) is 0 Å². The molecular formula is C14H22N2O3. The third kappa shape index (κ3) is 4.44. The maximum absolute atomic E-state index is 10.6. The van der Waals surface area contributed by atoms with Gasteiger partial charge in [0.1, 0.15) is 5.75 Å². The number of ether oxygens (including phenoxy) is 1. The minimum Gasteiger partial charge on any atom is -0.496 e. The van der Waals surface area contributed by atoms with Gasteiger partial charge in [0.25, 0.3) is 0 Å². The van der Waals surface area contributed by atoms with E-state index in [9.17, 15) is 4.79 Å². The molecule has 1 aromatic rings. The number of aryl methyl sites for hydroxylation is 1. The highest BCUT2D eigenvalue weighted by Gasteiger charge is 2.12. The third-order valence-electron chi connectivity index (χ3n) is 3.03. The van der Waals surface area contributed by atoms with Crippen LogP contribution in [0.4, 0.5) is 5.69 Å². The zero-order valence-corrected chi connectivity index (χ0v) is 11.7. The Bertz CT molecular complexity index is 435. The highest BCUT2D eigenvalue weighted by Crippen LogP contribution is 2.25. The van der Waals surface area contributed by atoms with E-state index in [1.165, 1.54) is 0 Å². The Hall–Kier alpha value is -1.75. The summed E-state index contributed by atoms with van der Waals surface area (Å²) in [7, 11) is 3.56. The summed E-state index contributed by atoms with van der Waals surface area (Å²) in [5, 5.41) is 8.70. The minimum atomic E-state index is -0.870. The molecule has 0 saturated carbocycles. The standard InChI is InChI=1S/C14H22N2O3/c1-4-10-7-12(5-6-13(10)19-3)16(2)9-11(15)8-14(17)18/h5-7,11H,4,8-9,15H2,1-3H3,(H,17,18). The number of carboxylic acid groups (broad SMARTS) is 1. The van der Waals surface area contributed by atoms with Crippen LogP contribution in [-0.2, 0) is 11.2 Å². The second-order valence-electron chi connectivity index (χ2n) is 4.59. The number of rotatable bonds is 7. The summed E-state index contributed by atoms with van der Waals surface area (Å²) in [5.74, 6) is -0.000590. The van der Waals surface area contributed by atoms with Gasteiger partial charge in [-0.25, -0.2) is 0 Å². The molecule has 0 bridgehead atoms. The lowest BCUT2D eigenvalue weighted by Crippen LogP contribution is -2.36. The summed E-state index contributed by atoms with van der Waals surface area (Å²) in [6, 6.07) is 5.54. The van der Waals surface area contributed by atoms with Gasteiger partial charge in [-0.05, 0) is 30.2 Å². The normalized spacial score (nSPS) is 12.0. The highest BCUT2D eigenvalue weighted by atomic mass is 16.5. The molecule has 0 spiro atoms. The van der Waals surface area contributed by atoms with Crippen molar-refractivity contribution in [2.75, 3.05) is 25.6 Å². The molecule has 5 nitrogen and oxygen atoms in total. The van der Waals surface area contributed by atoms with E-state index in [1.54, 1.807) is 7.11 Å². The Balaban J connectivity index is 2.76. The van der Waals surface area contributed by atoms with E-state index < -0.39 is 5.97 Å². The molecule has 1 atom stereocenters. The van der Waals surface area contributed by atoms with Crippen molar-refractivity contribution in [1.82, 2.24) is 0 Å². The molecule has 0 amide bonds. The molecule has 0 aliphatic carbocycles. The predicted octanol–water partition coefficient (Wildman–Crippen LogP) is 1.50. The summed E-state index contributed by atoms with van der Waals surface area (Å²) in [4.78, 5) is 12.6. The van der Waals surface area contributed by atoms with E-state index in [4.69, 9.17) is 15.6 Å². The van der Waals surface area contributed by atoms with Crippen LogP contribution >= 0.6 is 0 Å². The first-order valence-electron chi connectivity index (χ1n) is 6.33. The van der Waals surface area contributed by atoms with Crippen LogP contribution in [0.15, 0.2) is 18.2 Å². The van der Waals surface area contributed by atoms with E-state index in [2.05, 4.69) is 6.92 Å². The first kappa shape index (κ1) is 15.3. The van der Waals surface area contributed by atoms with Gasteiger partial charge < -0.3 is 20.5 Å². The number of nitrogens with zero attached hydrogens (tertiary/aromatic N) is 1. The molecule has 1 unspecified atom stereocenters. The fourth-order valence-corrected chi connectivity index (χ4v) is 2.02. The molecule has 1 rings (SSSR count). The second-order valence-corrected chi connectivity index (χ2v) is 4.59. The predicted molar refractivity (Wildman–Crippen MR) is 75.9 cm³/mol. The number of hydrogen-bond donors (Lipinski definition) is 2. The zero-order chi connectivity index (χ0) is 14.4. The van der Waals surface area contributed by atoms with Gasteiger partial charge in [0.05, 0.1) is 13.5 Å². The summed E-state index contributed by atoms with van der Waals surface area (Å²) >= 11 is 0. The van der Waals surface area contributed by atoms with Crippen LogP contribution in [0.1, 0.15) is 18.9 Å². The van der Waals surface area contributed by atoms with E-state index >= 15 is 0 Å². The Morgan fingerprint density at radius 1 is 1.53 bits per heavy atom. The first-order valence-corrected chi connectivity index (χ1v) is 6.33. The lowest BCUT2D eigenvalue weighted by Gasteiger charge is -2.23. The summed E-state index contributed by atoms with van der Waals surface area (Å²) in [6.07, 6.45) is 0.854. The fraction of sp³-hybridized carbons (Fsp3) is 0.500. The molecule has 106 valence electrons. The van der Waals surface area contributed by atoms with E-state index in [-0.39, 0.29) is 12.5 Å². The van der Waals surface area contributed by atoms with Crippen molar-refractivity contribution in [3.05, 3.63) is 23.8 Å². The van der Waals surface area contributed by atoms with Crippen LogP contribution in [0.5, 0.6) is 5.75 Å². The summed E-state index contributed by atoms with van der Waals surface area (Å²) in [6.45, 7) is 2.57. The summed E-state index contributed by atoms with van der Waals surface area (Å²) < 4.78 is 5.28. The van der Waals surface area contributed by atoms with Crippen molar-refractivity contribution >= 4 is 11.7 Å². The zero-order valence-electron chi connectivity index (χ0n) is 11.7. The number of nitrogens with two attached hydrogens (primary N) is 1. The maximum Gasteiger partial charge on any atom is 0.304 e. The largest absolute Gasteiger partial charge is 0.496 e. The topological polar surface area (TPSA) is 75.8 Å². The summed E-state index contributed by atoms with van der Waals surface area (Å²) in [5.41, 5.74) is 7.93. The number of benzene rings is 1. The fourth-order valence-electron chi connectivity index (χ4n) is 2.02. The van der Waals surface area contributed by atoms with Crippen LogP contribution in [0, 0.1) is 0 Å². The first-order chi connectivity index (χ1) is 8.97. The maximum atomic E-state index is 10.6. The molecule has 0 saturated heterocycles. The lowest BCUT2D eigenvalue weighted by atomic mass is 10.1. The number of likely N-dealkylation sites (N-methyl/N-ethyl adjacent to an activating group) is 1. The van der Waals surface area contributed by atoms with Gasteiger partial charge in [0, 0.05) is 25.3 Å². The Morgan fingerprint density at radius 3 is 2.74 bits per heavy atom. The van der Waals surface area contributed by atoms with Gasteiger partial charge >= 0.3 is 5.97 Å². The van der Waals surface area contributed by atoms with Crippen molar-refractivity contribution in [1.29, 1.82) is 0 Å². The molecule has 0 aromatic heterocycles. The van der Waals surface area contributed by atoms with Crippen LogP contribution in [0.3, 0.4) is 0 Å². The number of methoxy groups -OCH3 is 1. The average molecular weight is 266 g/mol. The molecule has 0 radical (unpaired) electrons. The van der Waals surface area contributed by atoms with Crippen molar-refractivity contribution in [3.63, 3.8) is 0 Å². The van der Waals surface area contributed by atoms with E-state index in [1.807, 2.05) is 30.1 Å². The minimum absolute atomic E-state index is 0.0267. The molecule has 0 aliphatic heterocycles. The molecule has 3 N–H and O–H groups in total. The van der Waals surface area contributed by atoms with Gasteiger partial charge in [-0.1, -0.05) is 6.92 Å². The highest BCUT2D eigenvalue weighted by molar-refractivity contribution is 5.67. The number of carbonyl (C=O) groups is 1. The Kier molecular flexibility index (Phi) is 5.63. The van der Waals surface area contributed by atoms with E-state index in [0.29, 0.717) is 6.54 Å². The SMILES string of the molecule is CCc1cc(N(C)CC(N)CC(=O)O)ccc1OC. The Labute approximate surface area is 114 Å². The van der Waals surface area contributed by atoms with Crippen molar-refractivity contribution in [2.24, 2.45) is 5.73 Å². The second kappa shape index (κ2) is 6.99. The van der Waals surface area contributed by atoms with E-state index in [0.717, 1.165) is 23.4 Å². The number of aliphatic carboxylic acids is 1. The van der Waals surface area contributed by atoms with Gasteiger partial charge in [0.2, 0.25) is 0 Å². The van der Waals surface area contributed by atoms with Crippen molar-refractivity contribution in [2.45, 2.75) is 25.8 Å². The van der Waals surface area contributed by atoms with Gasteiger partial charge in [-0.15, -0.1) is 0 Å². The Morgan fingerprint density at radius 2 is 2.21 bits per heavy atom. The molecule has 0 aliphatic rings. The molecule has 0 fully saturated rings. The lowest BCUT2D eigenvalue weighted by molar-refractivity contribution is -0.137. The van der Waals surface area contributed by atoms with Gasteiger partial charge in [-0.3, -0.25) is 4.79 Å². The quantitative estimate of drug-likeness (QED) is 0.782. The van der Waals surface area contributed by atoms with Crippen LogP contribution in [-0.4, -0.2) is 37.8 Å². The smallest absolute Gasteiger partial charge is 0.304 e. The number of anilines is 1. The number of hydrogen-bond acceptors (Lipinski definition) is 4. The third-order valence-corrected chi connectivity index (χ3v) is 3.03. The molecule has 5 heteroatoms. The van der Waals surface area contributed by atoms with Crippen LogP contribution in [0.25, 0.3) is 0 Å². The molecular weight excluding hydrogens is 244 g/mol. The van der Waals surface area contributed by atoms with Gasteiger partial charge in [0.15, 0.2) is 0 Å². The number of carboxylic acids is 1. The van der Waals surface area contributed by atoms with Crippen LogP contribution < -0.4 is 15.4 Å².